The third-order valence-electron chi connectivity index (χ3n) is 7.03. The zero-order valence-corrected chi connectivity index (χ0v) is 19.3. The van der Waals surface area contributed by atoms with Gasteiger partial charge in [-0.05, 0) is 80.5 Å². The molecule has 2 aromatic carbocycles. The molecule has 4 heteroatoms. The van der Waals surface area contributed by atoms with Gasteiger partial charge in [-0.15, -0.1) is 6.58 Å². The summed E-state index contributed by atoms with van der Waals surface area (Å²) in [5.74, 6) is 0.352. The summed E-state index contributed by atoms with van der Waals surface area (Å²) in [7, 11) is 0. The maximum atomic E-state index is 12.8. The van der Waals surface area contributed by atoms with Crippen LogP contribution in [-0.4, -0.2) is 52.5 Å². The maximum Gasteiger partial charge on any atom is 0.253 e. The van der Waals surface area contributed by atoms with E-state index in [0.717, 1.165) is 36.1 Å². The van der Waals surface area contributed by atoms with E-state index < -0.39 is 0 Å². The highest BCUT2D eigenvalue weighted by molar-refractivity contribution is 5.95. The Morgan fingerprint density at radius 3 is 2.22 bits per heavy atom. The lowest BCUT2D eigenvalue weighted by molar-refractivity contribution is 0.0773. The van der Waals surface area contributed by atoms with E-state index in [4.69, 9.17) is 0 Å². The van der Waals surface area contributed by atoms with Crippen LogP contribution in [-0.2, 0) is 0 Å². The number of benzene rings is 2. The van der Waals surface area contributed by atoms with Gasteiger partial charge >= 0.3 is 0 Å². The second-order valence-electron chi connectivity index (χ2n) is 8.86. The Labute approximate surface area is 191 Å². The quantitative estimate of drug-likeness (QED) is 0.591. The van der Waals surface area contributed by atoms with Crippen LogP contribution in [0.25, 0.3) is 5.57 Å². The smallest absolute Gasteiger partial charge is 0.253 e. The summed E-state index contributed by atoms with van der Waals surface area (Å²) < 4.78 is 0. The third kappa shape index (κ3) is 4.37. The first-order chi connectivity index (χ1) is 15.5. The van der Waals surface area contributed by atoms with Gasteiger partial charge in [-0.2, -0.15) is 0 Å². The molecule has 0 spiro atoms. The van der Waals surface area contributed by atoms with Crippen LogP contribution in [0.4, 0.5) is 0 Å². The fourth-order valence-corrected chi connectivity index (χ4v) is 5.47. The van der Waals surface area contributed by atoms with E-state index in [1.54, 1.807) is 6.07 Å². The second kappa shape index (κ2) is 9.74. The summed E-state index contributed by atoms with van der Waals surface area (Å²) in [4.78, 5) is 17.2. The van der Waals surface area contributed by atoms with Gasteiger partial charge in [0.05, 0.1) is 0 Å². The van der Waals surface area contributed by atoms with E-state index in [2.05, 4.69) is 29.7 Å². The fourth-order valence-electron chi connectivity index (χ4n) is 5.47. The molecule has 2 aromatic rings. The van der Waals surface area contributed by atoms with Crippen molar-refractivity contribution in [3.63, 3.8) is 0 Å². The maximum absolute atomic E-state index is 12.8. The van der Waals surface area contributed by atoms with Crippen LogP contribution in [0.15, 0.2) is 66.8 Å². The molecular formula is C28H34N2O2. The van der Waals surface area contributed by atoms with Gasteiger partial charge < -0.3 is 10.0 Å². The minimum absolute atomic E-state index is 0.0730. The number of hydrogen-bond acceptors (Lipinski definition) is 3. The van der Waals surface area contributed by atoms with Crippen LogP contribution in [0.2, 0.25) is 0 Å². The van der Waals surface area contributed by atoms with E-state index in [1.807, 2.05) is 49.1 Å². The molecule has 2 atom stereocenters. The molecule has 2 saturated heterocycles. The lowest BCUT2D eigenvalue weighted by Crippen LogP contribution is -2.40. The molecule has 2 unspecified atom stereocenters. The number of hydrogen-bond donors (Lipinski definition) is 1. The Balaban J connectivity index is 1.73. The van der Waals surface area contributed by atoms with Crippen LogP contribution >= 0.6 is 0 Å². The first-order valence-electron chi connectivity index (χ1n) is 11.8. The van der Waals surface area contributed by atoms with Gasteiger partial charge in [0.15, 0.2) is 0 Å². The summed E-state index contributed by atoms with van der Waals surface area (Å²) in [6, 6.07) is 16.7. The van der Waals surface area contributed by atoms with Gasteiger partial charge in [0.2, 0.25) is 0 Å². The molecule has 4 rings (SSSR count). The monoisotopic (exact) mass is 430 g/mol. The highest BCUT2D eigenvalue weighted by Gasteiger charge is 2.38. The molecule has 2 fully saturated rings. The first kappa shape index (κ1) is 22.3. The summed E-state index contributed by atoms with van der Waals surface area (Å²) >= 11 is 0. The average molecular weight is 431 g/mol. The molecule has 0 aromatic heterocycles. The van der Waals surface area contributed by atoms with Crippen LogP contribution in [0, 0.1) is 0 Å². The molecule has 0 saturated carbocycles. The van der Waals surface area contributed by atoms with Gasteiger partial charge in [0, 0.05) is 37.3 Å². The number of fused-ring (bicyclic) bond motifs is 2. The number of amides is 1. The Hall–Kier alpha value is -2.85. The third-order valence-corrected chi connectivity index (χ3v) is 7.03. The van der Waals surface area contributed by atoms with Crippen molar-refractivity contribution >= 4 is 11.5 Å². The number of phenolic OH excluding ortho intramolecular Hbond substituents is 1. The molecule has 168 valence electrons. The predicted molar refractivity (Wildman–Crippen MR) is 131 cm³/mol. The molecule has 1 amide bonds. The van der Waals surface area contributed by atoms with Crippen molar-refractivity contribution in [2.45, 2.75) is 51.6 Å². The molecule has 32 heavy (non-hydrogen) atoms. The normalized spacial score (nSPS) is 20.2. The zero-order chi connectivity index (χ0) is 22.7. The Kier molecular flexibility index (Phi) is 6.80. The minimum Gasteiger partial charge on any atom is -0.508 e. The number of aromatic hydroxyl groups is 1. The molecule has 2 bridgehead atoms. The van der Waals surface area contributed by atoms with Crippen LogP contribution < -0.4 is 0 Å². The lowest BCUT2D eigenvalue weighted by Gasteiger charge is -2.36. The van der Waals surface area contributed by atoms with Crippen molar-refractivity contribution in [1.82, 2.24) is 9.80 Å². The molecule has 4 nitrogen and oxygen atoms in total. The highest BCUT2D eigenvalue weighted by Crippen LogP contribution is 2.43. The van der Waals surface area contributed by atoms with Crippen molar-refractivity contribution in [3.05, 3.63) is 83.4 Å². The van der Waals surface area contributed by atoms with Crippen molar-refractivity contribution in [2.75, 3.05) is 19.6 Å². The van der Waals surface area contributed by atoms with Gasteiger partial charge in [-0.3, -0.25) is 9.69 Å². The van der Waals surface area contributed by atoms with Gasteiger partial charge in [0.25, 0.3) is 5.91 Å². The second-order valence-corrected chi connectivity index (χ2v) is 8.86. The lowest BCUT2D eigenvalue weighted by atomic mass is 9.85. The van der Waals surface area contributed by atoms with Crippen molar-refractivity contribution in [1.29, 1.82) is 0 Å². The average Bonchev–Trinajstić information content (AvgIpc) is 3.03. The largest absolute Gasteiger partial charge is 0.508 e. The van der Waals surface area contributed by atoms with Crippen LogP contribution in [0.1, 0.15) is 61.0 Å². The summed E-state index contributed by atoms with van der Waals surface area (Å²) in [5, 5.41) is 10.2. The summed E-state index contributed by atoms with van der Waals surface area (Å²) in [6.07, 6.45) is 6.55. The van der Waals surface area contributed by atoms with Crippen molar-refractivity contribution < 1.29 is 9.90 Å². The zero-order valence-electron chi connectivity index (χ0n) is 19.3. The van der Waals surface area contributed by atoms with Crippen LogP contribution in [0.3, 0.4) is 0 Å². The Bertz CT molecular complexity index is 988. The predicted octanol–water partition coefficient (Wildman–Crippen LogP) is 5.49. The number of nitrogens with zero attached hydrogens (tertiary/aromatic N) is 2. The number of carbonyl (C=O) groups excluding carboxylic acids is 1. The molecule has 2 heterocycles. The number of piperidine rings is 1. The standard InChI is InChI=1S/C28H34N2O2/c1-4-16-30-24-14-15-25(30)18-23(17-24)27(22-8-7-9-26(31)19-22)20-10-12-21(13-11-20)28(32)29(5-2)6-3/h4,7-13,19,24-25,31H,1,5-6,14-18H2,2-3H3. The first-order valence-corrected chi connectivity index (χ1v) is 11.8. The topological polar surface area (TPSA) is 43.8 Å². The van der Waals surface area contributed by atoms with Gasteiger partial charge in [0.1, 0.15) is 5.75 Å². The minimum atomic E-state index is 0.0730. The molecule has 2 aliphatic heterocycles. The van der Waals surface area contributed by atoms with E-state index >= 15 is 0 Å². The van der Waals surface area contributed by atoms with Gasteiger partial charge in [-0.1, -0.05) is 35.9 Å². The summed E-state index contributed by atoms with van der Waals surface area (Å²) in [6.45, 7) is 10.3. The molecule has 0 aliphatic carbocycles. The van der Waals surface area contributed by atoms with E-state index in [0.29, 0.717) is 25.2 Å². The van der Waals surface area contributed by atoms with Gasteiger partial charge in [-0.25, -0.2) is 0 Å². The SMILES string of the molecule is C=CCN1C2CCC1CC(=C(c1ccc(C(=O)N(CC)CC)cc1)c1cccc(O)c1)C2. The molecule has 2 aliphatic rings. The Morgan fingerprint density at radius 1 is 1.03 bits per heavy atom. The van der Waals surface area contributed by atoms with Crippen molar-refractivity contribution in [3.8, 4) is 5.75 Å². The molecular weight excluding hydrogens is 396 g/mol. The number of carbonyl (C=O) groups is 1. The number of rotatable bonds is 7. The Morgan fingerprint density at radius 2 is 1.66 bits per heavy atom. The summed E-state index contributed by atoms with van der Waals surface area (Å²) in [5.41, 5.74) is 5.53. The number of phenols is 1. The van der Waals surface area contributed by atoms with Crippen molar-refractivity contribution in [2.24, 2.45) is 0 Å². The van der Waals surface area contributed by atoms with Crippen LogP contribution in [0.5, 0.6) is 5.75 Å². The highest BCUT2D eigenvalue weighted by atomic mass is 16.3. The fraction of sp³-hybridized carbons (Fsp3) is 0.393. The molecule has 0 radical (unpaired) electrons. The van der Waals surface area contributed by atoms with E-state index in [-0.39, 0.29) is 11.7 Å². The molecule has 1 N–H and O–H groups in total. The van der Waals surface area contributed by atoms with E-state index in [1.165, 1.54) is 24.0 Å². The van der Waals surface area contributed by atoms with E-state index in [9.17, 15) is 9.90 Å².